The lowest BCUT2D eigenvalue weighted by molar-refractivity contribution is -0.0614. The lowest BCUT2D eigenvalue weighted by Gasteiger charge is -2.42. The first-order valence-corrected chi connectivity index (χ1v) is 6.36. The molecule has 16 heavy (non-hydrogen) atoms. The van der Waals surface area contributed by atoms with Gasteiger partial charge in [0, 0.05) is 5.41 Å². The Kier molecular flexibility index (Phi) is 3.77. The summed E-state index contributed by atoms with van der Waals surface area (Å²) in [6.07, 6.45) is 1.06. The van der Waals surface area contributed by atoms with Crippen LogP contribution in [0.2, 0.25) is 0 Å². The monoisotopic (exact) mass is 238 g/mol. The zero-order chi connectivity index (χ0) is 11.4. The van der Waals surface area contributed by atoms with Crippen LogP contribution in [0, 0.1) is 0 Å². The second-order valence-corrected chi connectivity index (χ2v) is 4.65. The smallest absolute Gasteiger partial charge is 0.119 e. The van der Waals surface area contributed by atoms with Gasteiger partial charge in [-0.05, 0) is 36.8 Å². The van der Waals surface area contributed by atoms with Crippen molar-refractivity contribution in [3.63, 3.8) is 0 Å². The van der Waals surface area contributed by atoms with E-state index >= 15 is 0 Å². The normalized spacial score (nSPS) is 17.9. The van der Waals surface area contributed by atoms with Crippen molar-refractivity contribution in [3.05, 3.63) is 29.8 Å². The van der Waals surface area contributed by atoms with Crippen LogP contribution in [-0.2, 0) is 10.2 Å². The highest BCUT2D eigenvalue weighted by Crippen LogP contribution is 2.37. The highest BCUT2D eigenvalue weighted by molar-refractivity contribution is 7.80. The molecule has 0 amide bonds. The number of thiol groups is 1. The average Bonchev–Trinajstić information content (AvgIpc) is 2.24. The molecule has 1 fully saturated rings. The van der Waals surface area contributed by atoms with Crippen molar-refractivity contribution in [1.29, 1.82) is 0 Å². The third-order valence-electron chi connectivity index (χ3n) is 3.10. The molecule has 2 rings (SSSR count). The highest BCUT2D eigenvalue weighted by atomic mass is 32.1. The Bertz CT molecular complexity index is 348. The standard InChI is InChI=1S/C13H18O2S/c1-2-15-12-5-3-4-11(8-12)13(6-7-16)9-14-10-13/h3-5,8,16H,2,6-7,9-10H2,1H3. The molecule has 0 spiro atoms. The first kappa shape index (κ1) is 11.8. The molecule has 0 bridgehead atoms. The van der Waals surface area contributed by atoms with Crippen molar-refractivity contribution in [2.75, 3.05) is 25.6 Å². The quantitative estimate of drug-likeness (QED) is 0.795. The minimum Gasteiger partial charge on any atom is -0.494 e. The predicted molar refractivity (Wildman–Crippen MR) is 68.6 cm³/mol. The molecule has 1 aromatic rings. The maximum Gasteiger partial charge on any atom is 0.119 e. The Labute approximate surface area is 102 Å². The summed E-state index contributed by atoms with van der Waals surface area (Å²) in [5.41, 5.74) is 1.49. The maximum atomic E-state index is 5.53. The molecule has 1 saturated heterocycles. The molecule has 0 unspecified atom stereocenters. The van der Waals surface area contributed by atoms with Crippen LogP contribution in [-0.4, -0.2) is 25.6 Å². The summed E-state index contributed by atoms with van der Waals surface area (Å²) in [6.45, 7) is 4.33. The zero-order valence-electron chi connectivity index (χ0n) is 9.61. The van der Waals surface area contributed by atoms with E-state index in [1.165, 1.54) is 5.56 Å². The van der Waals surface area contributed by atoms with Gasteiger partial charge in [0.2, 0.25) is 0 Å². The van der Waals surface area contributed by atoms with Gasteiger partial charge in [0.15, 0.2) is 0 Å². The van der Waals surface area contributed by atoms with Crippen LogP contribution in [0.5, 0.6) is 5.75 Å². The molecule has 3 heteroatoms. The third kappa shape index (κ3) is 2.20. The van der Waals surface area contributed by atoms with Crippen LogP contribution < -0.4 is 4.74 Å². The van der Waals surface area contributed by atoms with Crippen LogP contribution in [0.4, 0.5) is 0 Å². The number of ether oxygens (including phenoxy) is 2. The van der Waals surface area contributed by atoms with Gasteiger partial charge in [0.1, 0.15) is 5.75 Å². The highest BCUT2D eigenvalue weighted by Gasteiger charge is 2.39. The van der Waals surface area contributed by atoms with Crippen molar-refractivity contribution in [2.24, 2.45) is 0 Å². The van der Waals surface area contributed by atoms with Gasteiger partial charge in [-0.2, -0.15) is 12.6 Å². The summed E-state index contributed by atoms with van der Waals surface area (Å²) in [4.78, 5) is 0. The molecule has 0 atom stereocenters. The van der Waals surface area contributed by atoms with Gasteiger partial charge in [-0.15, -0.1) is 0 Å². The number of hydrogen-bond acceptors (Lipinski definition) is 3. The van der Waals surface area contributed by atoms with E-state index < -0.39 is 0 Å². The van der Waals surface area contributed by atoms with Gasteiger partial charge >= 0.3 is 0 Å². The van der Waals surface area contributed by atoms with Gasteiger partial charge in [-0.3, -0.25) is 0 Å². The van der Waals surface area contributed by atoms with Crippen molar-refractivity contribution in [3.8, 4) is 5.75 Å². The van der Waals surface area contributed by atoms with E-state index in [2.05, 4.69) is 30.8 Å². The molecule has 0 aromatic heterocycles. The molecule has 88 valence electrons. The first-order chi connectivity index (χ1) is 7.80. The topological polar surface area (TPSA) is 18.5 Å². The summed E-state index contributed by atoms with van der Waals surface area (Å²) < 4.78 is 10.9. The Morgan fingerprint density at radius 1 is 1.44 bits per heavy atom. The van der Waals surface area contributed by atoms with Gasteiger partial charge in [-0.25, -0.2) is 0 Å². The van der Waals surface area contributed by atoms with Crippen LogP contribution in [0.3, 0.4) is 0 Å². The Morgan fingerprint density at radius 3 is 2.81 bits per heavy atom. The van der Waals surface area contributed by atoms with Gasteiger partial charge in [0.25, 0.3) is 0 Å². The third-order valence-corrected chi connectivity index (χ3v) is 3.33. The fourth-order valence-electron chi connectivity index (χ4n) is 2.10. The minimum absolute atomic E-state index is 0.175. The lowest BCUT2D eigenvalue weighted by Crippen LogP contribution is -2.47. The summed E-state index contributed by atoms with van der Waals surface area (Å²) in [5.74, 6) is 1.84. The Morgan fingerprint density at radius 2 is 2.25 bits per heavy atom. The van der Waals surface area contributed by atoms with E-state index in [-0.39, 0.29) is 5.41 Å². The fourth-order valence-corrected chi connectivity index (χ4v) is 2.53. The summed E-state index contributed by atoms with van der Waals surface area (Å²) in [7, 11) is 0. The molecule has 2 nitrogen and oxygen atoms in total. The molecule has 1 heterocycles. The molecule has 1 aliphatic rings. The van der Waals surface area contributed by atoms with Crippen LogP contribution in [0.1, 0.15) is 18.9 Å². The van der Waals surface area contributed by atoms with Crippen molar-refractivity contribution in [2.45, 2.75) is 18.8 Å². The molecule has 1 aliphatic heterocycles. The van der Waals surface area contributed by atoms with Crippen molar-refractivity contribution >= 4 is 12.6 Å². The van der Waals surface area contributed by atoms with Crippen LogP contribution in [0.15, 0.2) is 24.3 Å². The van der Waals surface area contributed by atoms with Crippen LogP contribution in [0.25, 0.3) is 0 Å². The van der Waals surface area contributed by atoms with E-state index in [1.807, 2.05) is 13.0 Å². The van der Waals surface area contributed by atoms with Crippen molar-refractivity contribution < 1.29 is 9.47 Å². The first-order valence-electron chi connectivity index (χ1n) is 5.73. The van der Waals surface area contributed by atoms with E-state index in [0.717, 1.165) is 31.1 Å². The van der Waals surface area contributed by atoms with Crippen molar-refractivity contribution in [1.82, 2.24) is 0 Å². The number of benzene rings is 1. The minimum atomic E-state index is 0.175. The number of rotatable bonds is 5. The molecule has 0 radical (unpaired) electrons. The SMILES string of the molecule is CCOc1cccc(C2(CCS)COC2)c1. The molecular weight excluding hydrogens is 220 g/mol. The molecule has 1 aromatic carbocycles. The second-order valence-electron chi connectivity index (χ2n) is 4.21. The van der Waals surface area contributed by atoms with E-state index in [0.29, 0.717) is 6.61 Å². The number of hydrogen-bond donors (Lipinski definition) is 1. The average molecular weight is 238 g/mol. The van der Waals surface area contributed by atoms with E-state index in [9.17, 15) is 0 Å². The zero-order valence-corrected chi connectivity index (χ0v) is 10.5. The molecular formula is C13H18O2S. The largest absolute Gasteiger partial charge is 0.494 e. The Balaban J connectivity index is 2.21. The van der Waals surface area contributed by atoms with Gasteiger partial charge < -0.3 is 9.47 Å². The van der Waals surface area contributed by atoms with Gasteiger partial charge in [0.05, 0.1) is 19.8 Å². The van der Waals surface area contributed by atoms with Crippen LogP contribution >= 0.6 is 12.6 Å². The van der Waals surface area contributed by atoms with Gasteiger partial charge in [-0.1, -0.05) is 12.1 Å². The van der Waals surface area contributed by atoms with E-state index in [4.69, 9.17) is 9.47 Å². The predicted octanol–water partition coefficient (Wildman–Crippen LogP) is 2.67. The molecule has 0 N–H and O–H groups in total. The summed E-state index contributed by atoms with van der Waals surface area (Å²) in [6, 6.07) is 8.35. The molecule has 0 saturated carbocycles. The Hall–Kier alpha value is -0.670. The summed E-state index contributed by atoms with van der Waals surface area (Å²) >= 11 is 4.33. The lowest BCUT2D eigenvalue weighted by atomic mass is 9.76. The fraction of sp³-hybridized carbons (Fsp3) is 0.538. The summed E-state index contributed by atoms with van der Waals surface area (Å²) in [5, 5.41) is 0. The van der Waals surface area contributed by atoms with E-state index in [1.54, 1.807) is 0 Å². The molecule has 0 aliphatic carbocycles. The maximum absolute atomic E-state index is 5.53. The second kappa shape index (κ2) is 5.11.